The quantitative estimate of drug-likeness (QED) is 0.519. The molecule has 0 amide bonds. The van der Waals surface area contributed by atoms with Crippen molar-refractivity contribution in [3.63, 3.8) is 0 Å². The smallest absolute Gasteiger partial charge is 0.0579 e. The number of hydrogen-bond donors (Lipinski definition) is 0. The lowest BCUT2D eigenvalue weighted by atomic mass is 9.97. The standard InChI is InChI=1S/C9H14N2/c1-11-9(6-7-10-11)8-4-2-3-5-8/h2,4,7-9H,3,5-6H2,1H3. The van der Waals surface area contributed by atoms with Gasteiger partial charge >= 0.3 is 0 Å². The molecule has 2 aliphatic rings. The summed E-state index contributed by atoms with van der Waals surface area (Å²) in [5, 5.41) is 6.33. The van der Waals surface area contributed by atoms with Crippen LogP contribution in [0.1, 0.15) is 19.3 Å². The van der Waals surface area contributed by atoms with Crippen LogP contribution in [-0.4, -0.2) is 24.3 Å². The van der Waals surface area contributed by atoms with E-state index in [0.29, 0.717) is 6.04 Å². The van der Waals surface area contributed by atoms with Gasteiger partial charge in [-0.15, -0.1) is 0 Å². The molecule has 1 heterocycles. The van der Waals surface area contributed by atoms with Crippen LogP contribution in [0.25, 0.3) is 0 Å². The van der Waals surface area contributed by atoms with Gasteiger partial charge in [-0.05, 0) is 18.8 Å². The van der Waals surface area contributed by atoms with Gasteiger partial charge < -0.3 is 0 Å². The molecule has 60 valence electrons. The SMILES string of the molecule is CN1N=CCC1C1C=CCC1. The first-order valence-electron chi connectivity index (χ1n) is 4.30. The lowest BCUT2D eigenvalue weighted by molar-refractivity contribution is 0.232. The molecule has 0 saturated carbocycles. The van der Waals surface area contributed by atoms with Crippen molar-refractivity contribution in [1.29, 1.82) is 0 Å². The Morgan fingerprint density at radius 3 is 3.00 bits per heavy atom. The summed E-state index contributed by atoms with van der Waals surface area (Å²) >= 11 is 0. The summed E-state index contributed by atoms with van der Waals surface area (Å²) in [6.45, 7) is 0. The fourth-order valence-corrected chi connectivity index (χ4v) is 1.95. The van der Waals surface area contributed by atoms with Crippen LogP contribution < -0.4 is 0 Å². The summed E-state index contributed by atoms with van der Waals surface area (Å²) < 4.78 is 0. The molecule has 1 aliphatic heterocycles. The third-order valence-corrected chi connectivity index (χ3v) is 2.63. The topological polar surface area (TPSA) is 15.6 Å². The highest BCUT2D eigenvalue weighted by molar-refractivity contribution is 5.60. The first-order chi connectivity index (χ1) is 5.38. The average molecular weight is 150 g/mol. The number of hydrogen-bond acceptors (Lipinski definition) is 2. The van der Waals surface area contributed by atoms with E-state index in [9.17, 15) is 0 Å². The molecule has 2 nitrogen and oxygen atoms in total. The van der Waals surface area contributed by atoms with E-state index >= 15 is 0 Å². The van der Waals surface area contributed by atoms with Crippen molar-refractivity contribution in [3.8, 4) is 0 Å². The molecule has 2 unspecified atom stereocenters. The molecule has 0 aromatic heterocycles. The van der Waals surface area contributed by atoms with Crippen LogP contribution in [-0.2, 0) is 0 Å². The van der Waals surface area contributed by atoms with Gasteiger partial charge in [-0.1, -0.05) is 12.2 Å². The zero-order chi connectivity index (χ0) is 7.68. The van der Waals surface area contributed by atoms with Crippen molar-refractivity contribution >= 4 is 6.21 Å². The molecule has 0 aromatic carbocycles. The normalized spacial score (nSPS) is 35.5. The molecule has 0 bridgehead atoms. The van der Waals surface area contributed by atoms with Gasteiger partial charge in [-0.2, -0.15) is 5.10 Å². The van der Waals surface area contributed by atoms with Gasteiger partial charge in [-0.25, -0.2) is 0 Å². The van der Waals surface area contributed by atoms with E-state index in [2.05, 4.69) is 29.3 Å². The summed E-state index contributed by atoms with van der Waals surface area (Å²) in [4.78, 5) is 0. The Hall–Kier alpha value is -0.790. The highest BCUT2D eigenvalue weighted by atomic mass is 15.5. The Morgan fingerprint density at radius 1 is 1.55 bits per heavy atom. The van der Waals surface area contributed by atoms with Gasteiger partial charge in [0.25, 0.3) is 0 Å². The van der Waals surface area contributed by atoms with Crippen molar-refractivity contribution < 1.29 is 0 Å². The average Bonchev–Trinajstić information content (AvgIpc) is 2.55. The lowest BCUT2D eigenvalue weighted by Crippen LogP contribution is -2.28. The van der Waals surface area contributed by atoms with Gasteiger partial charge in [0.15, 0.2) is 0 Å². The molecule has 0 spiro atoms. The van der Waals surface area contributed by atoms with E-state index in [1.54, 1.807) is 0 Å². The third-order valence-electron chi connectivity index (χ3n) is 2.63. The van der Waals surface area contributed by atoms with Gasteiger partial charge in [0.1, 0.15) is 0 Å². The molecule has 2 rings (SSSR count). The molecule has 0 N–H and O–H groups in total. The van der Waals surface area contributed by atoms with Crippen LogP contribution in [0.15, 0.2) is 17.3 Å². The van der Waals surface area contributed by atoms with E-state index in [0.717, 1.165) is 12.3 Å². The molecule has 0 radical (unpaired) electrons. The second kappa shape index (κ2) is 2.68. The van der Waals surface area contributed by atoms with Crippen LogP contribution in [0.4, 0.5) is 0 Å². The van der Waals surface area contributed by atoms with Gasteiger partial charge in [0.2, 0.25) is 0 Å². The van der Waals surface area contributed by atoms with Crippen molar-refractivity contribution in [3.05, 3.63) is 12.2 Å². The van der Waals surface area contributed by atoms with E-state index < -0.39 is 0 Å². The fraction of sp³-hybridized carbons (Fsp3) is 0.667. The maximum atomic E-state index is 4.24. The highest BCUT2D eigenvalue weighted by Crippen LogP contribution is 2.27. The summed E-state index contributed by atoms with van der Waals surface area (Å²) in [6, 6.07) is 0.647. The van der Waals surface area contributed by atoms with Crippen LogP contribution in [0.2, 0.25) is 0 Å². The minimum Gasteiger partial charge on any atom is -0.296 e. The van der Waals surface area contributed by atoms with E-state index in [-0.39, 0.29) is 0 Å². The molecule has 1 aliphatic carbocycles. The minimum atomic E-state index is 0.647. The summed E-state index contributed by atoms with van der Waals surface area (Å²) in [5.41, 5.74) is 0. The Bertz CT molecular complexity index is 196. The number of nitrogens with zero attached hydrogens (tertiary/aromatic N) is 2. The zero-order valence-corrected chi connectivity index (χ0v) is 6.90. The maximum absolute atomic E-state index is 4.24. The minimum absolute atomic E-state index is 0.647. The summed E-state index contributed by atoms with van der Waals surface area (Å²) in [5.74, 6) is 0.752. The second-order valence-electron chi connectivity index (χ2n) is 3.34. The lowest BCUT2D eigenvalue weighted by Gasteiger charge is -2.23. The van der Waals surface area contributed by atoms with Crippen LogP contribution in [0.3, 0.4) is 0 Å². The molecule has 0 aromatic rings. The predicted molar refractivity (Wildman–Crippen MR) is 46.5 cm³/mol. The Kier molecular flexibility index (Phi) is 1.68. The van der Waals surface area contributed by atoms with Crippen molar-refractivity contribution in [2.24, 2.45) is 11.0 Å². The molecule has 0 fully saturated rings. The zero-order valence-electron chi connectivity index (χ0n) is 6.90. The first kappa shape index (κ1) is 6.89. The van der Waals surface area contributed by atoms with E-state index in [1.165, 1.54) is 12.8 Å². The Balaban J connectivity index is 2.00. The predicted octanol–water partition coefficient (Wildman–Crippen LogP) is 1.64. The van der Waals surface area contributed by atoms with Gasteiger partial charge in [0, 0.05) is 19.7 Å². The third kappa shape index (κ3) is 1.17. The van der Waals surface area contributed by atoms with Gasteiger partial charge in [-0.3, -0.25) is 5.01 Å². The van der Waals surface area contributed by atoms with Crippen LogP contribution in [0.5, 0.6) is 0 Å². The molecule has 2 heteroatoms. The molecule has 2 atom stereocenters. The molecule has 11 heavy (non-hydrogen) atoms. The fourth-order valence-electron chi connectivity index (χ4n) is 1.95. The summed E-state index contributed by atoms with van der Waals surface area (Å²) in [7, 11) is 2.07. The number of allylic oxidation sites excluding steroid dienone is 1. The van der Waals surface area contributed by atoms with Gasteiger partial charge in [0.05, 0.1) is 6.04 Å². The number of rotatable bonds is 1. The van der Waals surface area contributed by atoms with Crippen LogP contribution >= 0.6 is 0 Å². The van der Waals surface area contributed by atoms with Crippen LogP contribution in [0, 0.1) is 5.92 Å². The summed E-state index contributed by atoms with van der Waals surface area (Å²) in [6.07, 6.45) is 10.4. The molecular formula is C9H14N2. The first-order valence-corrected chi connectivity index (χ1v) is 4.30. The molecule has 0 saturated heterocycles. The largest absolute Gasteiger partial charge is 0.296 e. The monoisotopic (exact) mass is 150 g/mol. The molecular weight excluding hydrogens is 136 g/mol. The Morgan fingerprint density at radius 2 is 2.45 bits per heavy atom. The maximum Gasteiger partial charge on any atom is 0.0579 e. The van der Waals surface area contributed by atoms with E-state index in [4.69, 9.17) is 0 Å². The number of hydrazone groups is 1. The van der Waals surface area contributed by atoms with E-state index in [1.807, 2.05) is 6.21 Å². The highest BCUT2D eigenvalue weighted by Gasteiger charge is 2.26. The van der Waals surface area contributed by atoms with Crippen molar-refractivity contribution in [1.82, 2.24) is 5.01 Å². The Labute approximate surface area is 67.6 Å². The second-order valence-corrected chi connectivity index (χ2v) is 3.34. The van der Waals surface area contributed by atoms with Crippen molar-refractivity contribution in [2.75, 3.05) is 7.05 Å². The van der Waals surface area contributed by atoms with Crippen molar-refractivity contribution in [2.45, 2.75) is 25.3 Å².